The van der Waals surface area contributed by atoms with Gasteiger partial charge in [-0.3, -0.25) is 4.79 Å². The zero-order chi connectivity index (χ0) is 14.4. The van der Waals surface area contributed by atoms with E-state index in [2.05, 4.69) is 0 Å². The van der Waals surface area contributed by atoms with Crippen molar-refractivity contribution in [1.82, 2.24) is 4.90 Å². The van der Waals surface area contributed by atoms with E-state index < -0.39 is 0 Å². The highest BCUT2D eigenvalue weighted by Crippen LogP contribution is 2.27. The molecule has 0 spiro atoms. The Morgan fingerprint density at radius 1 is 1.35 bits per heavy atom. The molecule has 1 aliphatic carbocycles. The largest absolute Gasteiger partial charge is 0.395 e. The van der Waals surface area contributed by atoms with Crippen molar-refractivity contribution in [2.45, 2.75) is 36.6 Å². The maximum absolute atomic E-state index is 12.1. The number of aliphatic hydroxyl groups excluding tert-OH is 1. The second kappa shape index (κ2) is 7.91. The molecule has 1 saturated carbocycles. The van der Waals surface area contributed by atoms with E-state index in [-0.39, 0.29) is 12.5 Å². The van der Waals surface area contributed by atoms with Crippen molar-refractivity contribution in [2.75, 3.05) is 18.9 Å². The first kappa shape index (κ1) is 15.7. The van der Waals surface area contributed by atoms with Crippen molar-refractivity contribution in [3.8, 4) is 0 Å². The van der Waals surface area contributed by atoms with E-state index in [1.165, 1.54) is 4.90 Å². The van der Waals surface area contributed by atoms with Gasteiger partial charge in [0, 0.05) is 28.9 Å². The van der Waals surface area contributed by atoms with Crippen LogP contribution in [0.3, 0.4) is 0 Å². The zero-order valence-electron chi connectivity index (χ0n) is 11.4. The Balaban J connectivity index is 1.67. The molecule has 1 aromatic rings. The highest BCUT2D eigenvalue weighted by Gasteiger charge is 2.31. The summed E-state index contributed by atoms with van der Waals surface area (Å²) < 4.78 is 0. The average Bonchev–Trinajstić information content (AvgIpc) is 3.27. The summed E-state index contributed by atoms with van der Waals surface area (Å²) in [6.45, 7) is 0.537. The van der Waals surface area contributed by atoms with Gasteiger partial charge in [-0.2, -0.15) is 0 Å². The molecule has 5 heteroatoms. The minimum atomic E-state index is 0.0573. The fraction of sp³-hybridized carbons (Fsp3) is 0.533. The number of rotatable bonds is 8. The molecule has 0 atom stereocenters. The molecule has 0 unspecified atom stereocenters. The molecule has 0 heterocycles. The Hall–Kier alpha value is -0.710. The Kier molecular flexibility index (Phi) is 6.20. The van der Waals surface area contributed by atoms with Crippen molar-refractivity contribution < 1.29 is 9.90 Å². The lowest BCUT2D eigenvalue weighted by Gasteiger charge is -2.21. The summed E-state index contributed by atoms with van der Waals surface area (Å²) in [5.74, 6) is 1.10. The van der Waals surface area contributed by atoms with Crippen LogP contribution in [0.1, 0.15) is 25.7 Å². The molecule has 1 aliphatic rings. The van der Waals surface area contributed by atoms with Crippen molar-refractivity contribution in [2.24, 2.45) is 0 Å². The van der Waals surface area contributed by atoms with E-state index >= 15 is 0 Å². The van der Waals surface area contributed by atoms with Crippen LogP contribution in [-0.4, -0.2) is 40.9 Å². The van der Waals surface area contributed by atoms with Gasteiger partial charge < -0.3 is 10.0 Å². The SMILES string of the molecule is O=C(CCCSc1ccc(Cl)cc1)N(CCO)C1CC1. The van der Waals surface area contributed by atoms with E-state index in [9.17, 15) is 4.79 Å². The van der Waals surface area contributed by atoms with E-state index in [0.717, 1.165) is 30.0 Å². The van der Waals surface area contributed by atoms with Gasteiger partial charge in [-0.05, 0) is 49.3 Å². The number of nitrogens with zero attached hydrogens (tertiary/aromatic N) is 1. The standard InChI is InChI=1S/C15H20ClNO2S/c16-12-3-7-14(8-4-12)20-11-1-2-15(19)17(9-10-18)13-5-6-13/h3-4,7-8,13,18H,1-2,5-6,9-11H2. The second-order valence-corrected chi connectivity index (χ2v) is 6.55. The number of carbonyl (C=O) groups is 1. The van der Waals surface area contributed by atoms with Crippen LogP contribution in [0, 0.1) is 0 Å². The summed E-state index contributed by atoms with van der Waals surface area (Å²) in [5.41, 5.74) is 0. The Morgan fingerprint density at radius 2 is 2.05 bits per heavy atom. The summed E-state index contributed by atoms with van der Waals surface area (Å²) >= 11 is 7.58. The van der Waals surface area contributed by atoms with Gasteiger partial charge in [0.05, 0.1) is 6.61 Å². The Morgan fingerprint density at radius 3 is 2.65 bits per heavy atom. The van der Waals surface area contributed by atoms with Crippen LogP contribution < -0.4 is 0 Å². The van der Waals surface area contributed by atoms with E-state index in [0.29, 0.717) is 19.0 Å². The molecule has 3 nitrogen and oxygen atoms in total. The van der Waals surface area contributed by atoms with Gasteiger partial charge in [0.2, 0.25) is 5.91 Å². The van der Waals surface area contributed by atoms with Crippen LogP contribution in [0.4, 0.5) is 0 Å². The minimum absolute atomic E-state index is 0.0573. The van der Waals surface area contributed by atoms with Crippen LogP contribution in [0.15, 0.2) is 29.2 Å². The monoisotopic (exact) mass is 313 g/mol. The van der Waals surface area contributed by atoms with E-state index in [4.69, 9.17) is 16.7 Å². The third-order valence-electron chi connectivity index (χ3n) is 3.27. The number of thioether (sulfide) groups is 1. The lowest BCUT2D eigenvalue weighted by atomic mass is 10.3. The predicted octanol–water partition coefficient (Wildman–Crippen LogP) is 3.20. The van der Waals surface area contributed by atoms with Crippen LogP contribution >= 0.6 is 23.4 Å². The lowest BCUT2D eigenvalue weighted by molar-refractivity contribution is -0.132. The number of aliphatic hydroxyl groups is 1. The van der Waals surface area contributed by atoms with Crippen molar-refractivity contribution in [1.29, 1.82) is 0 Å². The molecular formula is C15H20ClNO2S. The topological polar surface area (TPSA) is 40.5 Å². The highest BCUT2D eigenvalue weighted by molar-refractivity contribution is 7.99. The first-order valence-corrected chi connectivity index (χ1v) is 8.36. The quantitative estimate of drug-likeness (QED) is 0.592. The first-order chi connectivity index (χ1) is 9.70. The summed E-state index contributed by atoms with van der Waals surface area (Å²) in [7, 11) is 0. The van der Waals surface area contributed by atoms with Gasteiger partial charge >= 0.3 is 0 Å². The third kappa shape index (κ3) is 5.00. The molecule has 0 aliphatic heterocycles. The number of hydrogen-bond donors (Lipinski definition) is 1. The molecule has 0 aromatic heterocycles. The van der Waals surface area contributed by atoms with Gasteiger partial charge in [0.15, 0.2) is 0 Å². The van der Waals surface area contributed by atoms with Crippen LogP contribution in [0.25, 0.3) is 0 Å². The molecule has 1 amide bonds. The normalized spacial score (nSPS) is 14.3. The fourth-order valence-corrected chi connectivity index (χ4v) is 3.07. The second-order valence-electron chi connectivity index (χ2n) is 4.95. The van der Waals surface area contributed by atoms with Gasteiger partial charge in [-0.15, -0.1) is 11.8 Å². The third-order valence-corrected chi connectivity index (χ3v) is 4.62. The van der Waals surface area contributed by atoms with Gasteiger partial charge in [0.1, 0.15) is 0 Å². The van der Waals surface area contributed by atoms with E-state index in [1.807, 2.05) is 29.2 Å². The maximum Gasteiger partial charge on any atom is 0.222 e. The fourth-order valence-electron chi connectivity index (χ4n) is 2.09. The number of carbonyl (C=O) groups excluding carboxylic acids is 1. The van der Waals surface area contributed by atoms with E-state index in [1.54, 1.807) is 11.8 Å². The smallest absolute Gasteiger partial charge is 0.222 e. The van der Waals surface area contributed by atoms with Crippen molar-refractivity contribution in [3.63, 3.8) is 0 Å². The number of benzene rings is 1. The molecule has 0 radical (unpaired) electrons. The number of halogens is 1. The molecular weight excluding hydrogens is 294 g/mol. The molecule has 2 rings (SSSR count). The van der Waals surface area contributed by atoms with Gasteiger partial charge in [-0.25, -0.2) is 0 Å². The maximum atomic E-state index is 12.1. The molecule has 1 fully saturated rings. The Bertz CT molecular complexity index is 434. The van der Waals surface area contributed by atoms with Gasteiger partial charge in [0.25, 0.3) is 0 Å². The van der Waals surface area contributed by atoms with Crippen LogP contribution in [0.2, 0.25) is 5.02 Å². The molecule has 20 heavy (non-hydrogen) atoms. The molecule has 110 valence electrons. The van der Waals surface area contributed by atoms with Gasteiger partial charge in [-0.1, -0.05) is 11.6 Å². The molecule has 1 aromatic carbocycles. The summed E-state index contributed by atoms with van der Waals surface area (Å²) in [5, 5.41) is 9.74. The first-order valence-electron chi connectivity index (χ1n) is 6.99. The lowest BCUT2D eigenvalue weighted by Crippen LogP contribution is -2.35. The number of hydrogen-bond acceptors (Lipinski definition) is 3. The minimum Gasteiger partial charge on any atom is -0.395 e. The van der Waals surface area contributed by atoms with Crippen molar-refractivity contribution >= 4 is 29.3 Å². The molecule has 0 saturated heterocycles. The average molecular weight is 314 g/mol. The summed E-state index contributed by atoms with van der Waals surface area (Å²) in [6.07, 6.45) is 3.61. The Labute approximate surface area is 129 Å². The van der Waals surface area contributed by atoms with Crippen molar-refractivity contribution in [3.05, 3.63) is 29.3 Å². The number of amides is 1. The summed E-state index contributed by atoms with van der Waals surface area (Å²) in [6, 6.07) is 8.14. The summed E-state index contributed by atoms with van der Waals surface area (Å²) in [4.78, 5) is 15.1. The molecule has 1 N–H and O–H groups in total. The molecule has 0 bridgehead atoms. The zero-order valence-corrected chi connectivity index (χ0v) is 13.0. The predicted molar refractivity (Wildman–Crippen MR) is 83.2 cm³/mol. The van der Waals surface area contributed by atoms with Crippen LogP contribution in [-0.2, 0) is 4.79 Å². The van der Waals surface area contributed by atoms with Crippen LogP contribution in [0.5, 0.6) is 0 Å². The highest BCUT2D eigenvalue weighted by atomic mass is 35.5.